The van der Waals surface area contributed by atoms with Crippen LogP contribution in [0.3, 0.4) is 0 Å². The van der Waals surface area contributed by atoms with Gasteiger partial charge in [0.25, 0.3) is 0 Å². The summed E-state index contributed by atoms with van der Waals surface area (Å²) in [6.07, 6.45) is 6.50. The van der Waals surface area contributed by atoms with Crippen molar-refractivity contribution in [2.45, 2.75) is 10.8 Å². The van der Waals surface area contributed by atoms with E-state index in [2.05, 4.69) is 25.8 Å². The first-order chi connectivity index (χ1) is 15.1. The van der Waals surface area contributed by atoms with Gasteiger partial charge >= 0.3 is 0 Å². The molecule has 9 heteroatoms. The number of thioether (sulfide) groups is 1. The van der Waals surface area contributed by atoms with Gasteiger partial charge in [-0.15, -0.1) is 5.10 Å². The molecule has 0 aliphatic carbocycles. The normalized spacial score (nSPS) is 11.2. The Labute approximate surface area is 182 Å². The molecule has 0 spiro atoms. The number of hydrogen-bond acceptors (Lipinski definition) is 5. The molecule has 0 saturated carbocycles. The third-order valence-corrected chi connectivity index (χ3v) is 5.47. The summed E-state index contributed by atoms with van der Waals surface area (Å²) >= 11 is 1.58. The lowest BCUT2D eigenvalue weighted by Gasteiger charge is -2.05. The van der Waals surface area contributed by atoms with Crippen LogP contribution in [0.4, 0.5) is 10.1 Å². The van der Waals surface area contributed by atoms with Crippen LogP contribution < -0.4 is 5.32 Å². The van der Waals surface area contributed by atoms with Crippen molar-refractivity contribution in [1.82, 2.24) is 25.2 Å². The van der Waals surface area contributed by atoms with Crippen LogP contribution in [0.25, 0.3) is 17.3 Å². The summed E-state index contributed by atoms with van der Waals surface area (Å²) in [5.41, 5.74) is 4.21. The number of aryl methyl sites for hydroxylation is 1. The van der Waals surface area contributed by atoms with Crippen molar-refractivity contribution in [3.63, 3.8) is 0 Å². The van der Waals surface area contributed by atoms with Gasteiger partial charge < -0.3 is 5.32 Å². The molecule has 0 atom stereocenters. The molecule has 0 aliphatic rings. The zero-order valence-corrected chi connectivity index (χ0v) is 17.4. The van der Waals surface area contributed by atoms with Crippen LogP contribution in [0, 0.1) is 5.82 Å². The van der Waals surface area contributed by atoms with Crippen molar-refractivity contribution in [2.75, 3.05) is 5.32 Å². The second-order valence-electron chi connectivity index (χ2n) is 6.70. The van der Waals surface area contributed by atoms with Crippen LogP contribution in [-0.2, 0) is 17.6 Å². The van der Waals surface area contributed by atoms with Crippen LogP contribution in [0.2, 0.25) is 0 Å². The van der Waals surface area contributed by atoms with Gasteiger partial charge in [-0.05, 0) is 48.0 Å². The Morgan fingerprint density at radius 1 is 1.16 bits per heavy atom. The molecular formula is C22H19FN6OS. The summed E-state index contributed by atoms with van der Waals surface area (Å²) in [6.45, 7) is 0. The summed E-state index contributed by atoms with van der Waals surface area (Å²) in [6, 6.07) is 13.8. The molecule has 0 aliphatic heterocycles. The molecule has 0 saturated heterocycles. The molecule has 0 fully saturated rings. The molecule has 2 aromatic carbocycles. The number of carbonyl (C=O) groups excluding carboxylic acids is 1. The van der Waals surface area contributed by atoms with Gasteiger partial charge in [0.1, 0.15) is 10.8 Å². The van der Waals surface area contributed by atoms with Gasteiger partial charge in [0.15, 0.2) is 0 Å². The first-order valence-corrected chi connectivity index (χ1v) is 10.4. The molecule has 4 aromatic rings. The number of nitrogens with one attached hydrogen (secondary N) is 2. The Kier molecular flexibility index (Phi) is 6.23. The van der Waals surface area contributed by atoms with Gasteiger partial charge in [-0.25, -0.2) is 4.39 Å². The Morgan fingerprint density at radius 2 is 1.94 bits per heavy atom. The van der Waals surface area contributed by atoms with Gasteiger partial charge in [0.2, 0.25) is 5.91 Å². The molecule has 2 N–H and O–H groups in total. The number of anilines is 1. The van der Waals surface area contributed by atoms with Crippen molar-refractivity contribution in [2.24, 2.45) is 7.05 Å². The lowest BCUT2D eigenvalue weighted by Crippen LogP contribution is -2.07. The number of amides is 1. The van der Waals surface area contributed by atoms with Gasteiger partial charge in [-0.3, -0.25) is 9.48 Å². The van der Waals surface area contributed by atoms with E-state index in [4.69, 9.17) is 0 Å². The van der Waals surface area contributed by atoms with E-state index in [0.29, 0.717) is 5.69 Å². The standard InChI is InChI=1S/C22H19FN6OS/c1-29-22(16-4-7-18(23)8-5-16)17(12-25-29)6-11-20(30)26-19-9-2-15(3-10-19)14-31-21-13-24-28-27-21/h2-13H,14H2,1H3,(H,26,30)(H,24,27,28)/b11-6+. The van der Waals surface area contributed by atoms with E-state index in [0.717, 1.165) is 33.2 Å². The number of benzene rings is 2. The van der Waals surface area contributed by atoms with Crippen LogP contribution in [-0.4, -0.2) is 31.1 Å². The Hall–Kier alpha value is -3.72. The molecule has 2 heterocycles. The minimum atomic E-state index is -0.301. The zero-order valence-electron chi connectivity index (χ0n) is 16.6. The molecule has 0 bridgehead atoms. The number of hydrogen-bond donors (Lipinski definition) is 2. The highest BCUT2D eigenvalue weighted by molar-refractivity contribution is 7.98. The van der Waals surface area contributed by atoms with Crippen molar-refractivity contribution < 1.29 is 9.18 Å². The van der Waals surface area contributed by atoms with E-state index in [1.165, 1.54) is 18.2 Å². The lowest BCUT2D eigenvalue weighted by molar-refractivity contribution is -0.111. The Balaban J connectivity index is 1.38. The summed E-state index contributed by atoms with van der Waals surface area (Å²) in [4.78, 5) is 12.4. The minimum absolute atomic E-state index is 0.251. The topological polar surface area (TPSA) is 88.5 Å². The smallest absolute Gasteiger partial charge is 0.248 e. The number of halogens is 1. The maximum atomic E-state index is 13.2. The fourth-order valence-electron chi connectivity index (χ4n) is 2.99. The lowest BCUT2D eigenvalue weighted by atomic mass is 10.1. The van der Waals surface area contributed by atoms with Crippen LogP contribution in [0.15, 0.2) is 72.0 Å². The molecular weight excluding hydrogens is 415 g/mol. The molecule has 0 radical (unpaired) electrons. The number of aromatic amines is 1. The fourth-order valence-corrected chi connectivity index (χ4v) is 3.73. The summed E-state index contributed by atoms with van der Waals surface area (Å²) in [7, 11) is 1.80. The van der Waals surface area contributed by atoms with E-state index in [1.807, 2.05) is 24.3 Å². The highest BCUT2D eigenvalue weighted by Gasteiger charge is 2.09. The fraction of sp³-hybridized carbons (Fsp3) is 0.0909. The van der Waals surface area contributed by atoms with Crippen molar-refractivity contribution >= 4 is 29.4 Å². The Morgan fingerprint density at radius 3 is 2.65 bits per heavy atom. The second-order valence-corrected chi connectivity index (χ2v) is 7.69. The third kappa shape index (κ3) is 5.26. The van der Waals surface area contributed by atoms with Crippen LogP contribution in [0.5, 0.6) is 0 Å². The second kappa shape index (κ2) is 9.40. The van der Waals surface area contributed by atoms with E-state index >= 15 is 0 Å². The zero-order chi connectivity index (χ0) is 21.6. The Bertz CT molecular complexity index is 1180. The molecule has 156 valence electrons. The molecule has 1 amide bonds. The predicted octanol–water partition coefficient (Wildman–Crippen LogP) is 4.29. The SMILES string of the molecule is Cn1ncc(/C=C/C(=O)Nc2ccc(CSc3cn[nH]n3)cc2)c1-c1ccc(F)cc1. The largest absolute Gasteiger partial charge is 0.323 e. The molecule has 31 heavy (non-hydrogen) atoms. The summed E-state index contributed by atoms with van der Waals surface area (Å²) in [5, 5.41) is 18.3. The maximum Gasteiger partial charge on any atom is 0.248 e. The highest BCUT2D eigenvalue weighted by atomic mass is 32.2. The number of H-pyrrole nitrogens is 1. The molecule has 0 unspecified atom stereocenters. The number of aromatic nitrogens is 5. The monoisotopic (exact) mass is 434 g/mol. The van der Waals surface area contributed by atoms with E-state index < -0.39 is 0 Å². The quantitative estimate of drug-likeness (QED) is 0.335. The predicted molar refractivity (Wildman–Crippen MR) is 119 cm³/mol. The van der Waals surface area contributed by atoms with E-state index in [1.54, 1.807) is 54.1 Å². The number of carbonyl (C=O) groups is 1. The molecule has 7 nitrogen and oxygen atoms in total. The van der Waals surface area contributed by atoms with Crippen molar-refractivity contribution in [1.29, 1.82) is 0 Å². The minimum Gasteiger partial charge on any atom is -0.323 e. The van der Waals surface area contributed by atoms with Gasteiger partial charge in [-0.1, -0.05) is 23.9 Å². The van der Waals surface area contributed by atoms with E-state index in [-0.39, 0.29) is 11.7 Å². The van der Waals surface area contributed by atoms with E-state index in [9.17, 15) is 9.18 Å². The average Bonchev–Trinajstić information content (AvgIpc) is 3.42. The van der Waals surface area contributed by atoms with Gasteiger partial charge in [-0.2, -0.15) is 15.4 Å². The highest BCUT2D eigenvalue weighted by Crippen LogP contribution is 2.25. The van der Waals surface area contributed by atoms with Crippen molar-refractivity contribution in [3.05, 3.63) is 83.9 Å². The molecule has 4 rings (SSSR count). The number of nitrogens with zero attached hydrogens (tertiary/aromatic N) is 4. The first kappa shape index (κ1) is 20.5. The van der Waals surface area contributed by atoms with Crippen LogP contribution in [0.1, 0.15) is 11.1 Å². The molecule has 2 aromatic heterocycles. The summed E-state index contributed by atoms with van der Waals surface area (Å²) in [5.74, 6) is 0.206. The third-order valence-electron chi connectivity index (χ3n) is 4.50. The van der Waals surface area contributed by atoms with Gasteiger partial charge in [0.05, 0.1) is 18.1 Å². The van der Waals surface area contributed by atoms with Gasteiger partial charge in [0, 0.05) is 35.7 Å². The first-order valence-electron chi connectivity index (χ1n) is 9.43. The number of rotatable bonds is 7. The average molecular weight is 435 g/mol. The maximum absolute atomic E-state index is 13.2. The van der Waals surface area contributed by atoms with Crippen molar-refractivity contribution in [3.8, 4) is 11.3 Å². The summed E-state index contributed by atoms with van der Waals surface area (Å²) < 4.78 is 14.9. The van der Waals surface area contributed by atoms with Crippen LogP contribution >= 0.6 is 11.8 Å².